The zero-order valence-corrected chi connectivity index (χ0v) is 15.8. The number of methoxy groups -OCH3 is 1. The number of hydrogen-bond acceptors (Lipinski definition) is 5. The summed E-state index contributed by atoms with van der Waals surface area (Å²) in [6.45, 7) is 1.53. The Morgan fingerprint density at radius 3 is 2.65 bits per heavy atom. The molecule has 0 N–H and O–H groups in total. The van der Waals surface area contributed by atoms with Gasteiger partial charge in [0, 0.05) is 19.6 Å². The van der Waals surface area contributed by atoms with Crippen LogP contribution in [-0.2, 0) is 20.3 Å². The Balaban J connectivity index is 1.55. The van der Waals surface area contributed by atoms with E-state index in [1.165, 1.54) is 18.4 Å². The summed E-state index contributed by atoms with van der Waals surface area (Å²) in [6, 6.07) is 12.6. The third-order valence-corrected chi connectivity index (χ3v) is 5.19. The predicted octanol–water partition coefficient (Wildman–Crippen LogP) is 3.84. The number of ether oxygens (including phenoxy) is 1. The average molecular weight is 370 g/mol. The van der Waals surface area contributed by atoms with Gasteiger partial charge in [-0.3, -0.25) is 4.90 Å². The van der Waals surface area contributed by atoms with Crippen LogP contribution in [0.25, 0.3) is 11.6 Å². The third kappa shape index (κ3) is 3.45. The van der Waals surface area contributed by atoms with Crippen molar-refractivity contribution in [1.29, 1.82) is 0 Å². The molecule has 136 valence electrons. The summed E-state index contributed by atoms with van der Waals surface area (Å²) in [6.07, 6.45) is 4.10. The van der Waals surface area contributed by atoms with Crippen molar-refractivity contribution < 1.29 is 9.15 Å². The Labute approximate surface area is 157 Å². The maximum Gasteiger partial charge on any atom is 0.199 e. The van der Waals surface area contributed by atoms with Gasteiger partial charge >= 0.3 is 0 Å². The molecular formula is C19H22N4O2S. The van der Waals surface area contributed by atoms with Gasteiger partial charge in [-0.25, -0.2) is 4.68 Å². The van der Waals surface area contributed by atoms with E-state index in [2.05, 4.69) is 17.0 Å². The molecule has 0 atom stereocenters. The van der Waals surface area contributed by atoms with Crippen LogP contribution in [0.5, 0.6) is 5.75 Å². The highest BCUT2D eigenvalue weighted by atomic mass is 32.1. The van der Waals surface area contributed by atoms with Crippen LogP contribution in [0.3, 0.4) is 0 Å². The molecule has 1 fully saturated rings. The molecule has 0 amide bonds. The maximum absolute atomic E-state index is 5.59. The van der Waals surface area contributed by atoms with Gasteiger partial charge in [0.05, 0.1) is 20.0 Å². The van der Waals surface area contributed by atoms with Crippen molar-refractivity contribution in [2.24, 2.45) is 7.05 Å². The van der Waals surface area contributed by atoms with Crippen molar-refractivity contribution in [2.45, 2.75) is 32.1 Å². The highest BCUT2D eigenvalue weighted by Crippen LogP contribution is 2.29. The molecule has 0 unspecified atom stereocenters. The van der Waals surface area contributed by atoms with Crippen LogP contribution in [-0.4, -0.2) is 32.4 Å². The normalized spacial score (nSPS) is 14.1. The Kier molecular flexibility index (Phi) is 4.65. The van der Waals surface area contributed by atoms with E-state index in [-0.39, 0.29) is 0 Å². The monoisotopic (exact) mass is 370 g/mol. The molecule has 1 aliphatic carbocycles. The number of rotatable bonds is 7. The van der Waals surface area contributed by atoms with E-state index in [4.69, 9.17) is 26.5 Å². The lowest BCUT2D eigenvalue weighted by atomic mass is 10.2. The van der Waals surface area contributed by atoms with Crippen LogP contribution in [0, 0.1) is 4.77 Å². The molecule has 4 rings (SSSR count). The third-order valence-electron chi connectivity index (χ3n) is 4.71. The van der Waals surface area contributed by atoms with E-state index < -0.39 is 0 Å². The molecule has 1 aromatic carbocycles. The van der Waals surface area contributed by atoms with Gasteiger partial charge in [0.2, 0.25) is 0 Å². The molecule has 0 saturated heterocycles. The zero-order chi connectivity index (χ0) is 18.1. The van der Waals surface area contributed by atoms with Crippen molar-refractivity contribution in [1.82, 2.24) is 19.2 Å². The molecule has 1 aliphatic rings. The fraction of sp³-hybridized carbons (Fsp3) is 0.368. The van der Waals surface area contributed by atoms with E-state index >= 15 is 0 Å². The second-order valence-corrected chi connectivity index (χ2v) is 6.97. The highest BCUT2D eigenvalue weighted by Gasteiger charge is 2.30. The number of aromatic nitrogens is 3. The topological polar surface area (TPSA) is 48.4 Å². The van der Waals surface area contributed by atoms with Gasteiger partial charge in [0.25, 0.3) is 0 Å². The molecule has 0 bridgehead atoms. The minimum atomic E-state index is 0.591. The van der Waals surface area contributed by atoms with Gasteiger partial charge in [-0.05, 0) is 54.9 Å². The molecule has 0 spiro atoms. The van der Waals surface area contributed by atoms with Crippen molar-refractivity contribution in [3.8, 4) is 17.3 Å². The first-order chi connectivity index (χ1) is 12.7. The summed E-state index contributed by atoms with van der Waals surface area (Å²) in [7, 11) is 3.61. The van der Waals surface area contributed by atoms with Gasteiger partial charge in [0.1, 0.15) is 5.75 Å². The second-order valence-electron chi connectivity index (χ2n) is 6.61. The maximum atomic E-state index is 5.59. The zero-order valence-electron chi connectivity index (χ0n) is 15.0. The first kappa shape index (κ1) is 17.1. The van der Waals surface area contributed by atoms with E-state index in [1.54, 1.807) is 13.4 Å². The Morgan fingerprint density at radius 1 is 1.27 bits per heavy atom. The SMILES string of the molecule is COc1ccc(CN(Cn2nc(-c3ccco3)n(C)c2=S)C2CC2)cc1. The number of hydrogen-bond donors (Lipinski definition) is 0. The van der Waals surface area contributed by atoms with Gasteiger partial charge in [-0.15, -0.1) is 5.10 Å². The lowest BCUT2D eigenvalue weighted by molar-refractivity contribution is 0.186. The van der Waals surface area contributed by atoms with Gasteiger partial charge in [-0.1, -0.05) is 12.1 Å². The highest BCUT2D eigenvalue weighted by molar-refractivity contribution is 7.71. The quantitative estimate of drug-likeness (QED) is 0.592. The van der Waals surface area contributed by atoms with E-state index in [1.807, 2.05) is 40.6 Å². The minimum absolute atomic E-state index is 0.591. The van der Waals surface area contributed by atoms with Crippen LogP contribution < -0.4 is 4.74 Å². The molecule has 1 saturated carbocycles. The molecule has 26 heavy (non-hydrogen) atoms. The first-order valence-electron chi connectivity index (χ1n) is 8.70. The first-order valence-corrected chi connectivity index (χ1v) is 9.11. The van der Waals surface area contributed by atoms with Crippen molar-refractivity contribution in [3.63, 3.8) is 0 Å². The molecule has 0 aliphatic heterocycles. The van der Waals surface area contributed by atoms with Gasteiger partial charge < -0.3 is 13.7 Å². The van der Waals surface area contributed by atoms with Crippen molar-refractivity contribution in [3.05, 3.63) is 53.0 Å². The average Bonchev–Trinajstić information content (AvgIpc) is 3.30. The molecule has 0 radical (unpaired) electrons. The molecule has 2 aromatic heterocycles. The molecule has 7 heteroatoms. The fourth-order valence-corrected chi connectivity index (χ4v) is 3.26. The van der Waals surface area contributed by atoms with Crippen LogP contribution >= 0.6 is 12.2 Å². The van der Waals surface area contributed by atoms with E-state index in [9.17, 15) is 0 Å². The van der Waals surface area contributed by atoms with Crippen molar-refractivity contribution >= 4 is 12.2 Å². The van der Waals surface area contributed by atoms with Crippen LogP contribution in [0.15, 0.2) is 47.1 Å². The molecule has 3 aromatic rings. The van der Waals surface area contributed by atoms with Gasteiger partial charge in [-0.2, -0.15) is 0 Å². The Hall–Kier alpha value is -2.38. The standard InChI is InChI=1S/C19H22N4O2S/c1-21-18(17-4-3-11-25-17)20-23(19(21)26)13-22(15-7-8-15)12-14-5-9-16(24-2)10-6-14/h3-6,9-11,15H,7-8,12-13H2,1-2H3. The summed E-state index contributed by atoms with van der Waals surface area (Å²) in [5, 5.41) is 4.69. The summed E-state index contributed by atoms with van der Waals surface area (Å²) in [4.78, 5) is 2.43. The minimum Gasteiger partial charge on any atom is -0.497 e. The molecule has 6 nitrogen and oxygen atoms in total. The number of furan rings is 1. The number of nitrogens with zero attached hydrogens (tertiary/aromatic N) is 4. The Morgan fingerprint density at radius 2 is 2.04 bits per heavy atom. The van der Waals surface area contributed by atoms with E-state index in [0.29, 0.717) is 17.5 Å². The molecule has 2 heterocycles. The van der Waals surface area contributed by atoms with Crippen molar-refractivity contribution in [2.75, 3.05) is 7.11 Å². The summed E-state index contributed by atoms with van der Waals surface area (Å²) < 4.78 is 15.2. The number of benzene rings is 1. The van der Waals surface area contributed by atoms with Gasteiger partial charge in [0.15, 0.2) is 16.4 Å². The smallest absolute Gasteiger partial charge is 0.199 e. The fourth-order valence-electron chi connectivity index (χ4n) is 3.07. The lowest BCUT2D eigenvalue weighted by Crippen LogP contribution is -2.29. The Bertz CT molecular complexity index is 924. The second kappa shape index (κ2) is 7.09. The predicted molar refractivity (Wildman–Crippen MR) is 101 cm³/mol. The lowest BCUT2D eigenvalue weighted by Gasteiger charge is -2.21. The summed E-state index contributed by atoms with van der Waals surface area (Å²) in [5.41, 5.74) is 1.26. The van der Waals surface area contributed by atoms with E-state index in [0.717, 1.165) is 23.9 Å². The summed E-state index contributed by atoms with van der Waals surface area (Å²) >= 11 is 5.59. The largest absolute Gasteiger partial charge is 0.497 e. The van der Waals surface area contributed by atoms with Crippen LogP contribution in [0.2, 0.25) is 0 Å². The summed E-state index contributed by atoms with van der Waals surface area (Å²) in [5.74, 6) is 2.35. The van der Waals surface area contributed by atoms with Crippen LogP contribution in [0.1, 0.15) is 18.4 Å². The molecular weight excluding hydrogens is 348 g/mol. The van der Waals surface area contributed by atoms with Crippen LogP contribution in [0.4, 0.5) is 0 Å².